The second kappa shape index (κ2) is 25.5. The summed E-state index contributed by atoms with van der Waals surface area (Å²) in [6.07, 6.45) is 19.1. The van der Waals surface area contributed by atoms with E-state index in [0.717, 1.165) is 166 Å². The lowest BCUT2D eigenvalue weighted by Gasteiger charge is -2.50. The fourth-order valence-corrected chi connectivity index (χ4v) is 16.1. The number of morpholine rings is 2. The van der Waals surface area contributed by atoms with Gasteiger partial charge in [-0.2, -0.15) is 19.9 Å². The third kappa shape index (κ3) is 18.1. The van der Waals surface area contributed by atoms with E-state index in [1.807, 2.05) is 0 Å². The predicted octanol–water partition coefficient (Wildman–Crippen LogP) is 8.80. The number of piperidine rings is 4. The Morgan fingerprint density at radius 1 is 0.412 bits per heavy atom. The van der Waals surface area contributed by atoms with Crippen LogP contribution >= 0.6 is 0 Å². The van der Waals surface area contributed by atoms with Crippen LogP contribution in [0.3, 0.4) is 0 Å². The minimum Gasteiger partial charge on any atom is -0.378 e. The molecule has 0 saturated carbocycles. The summed E-state index contributed by atoms with van der Waals surface area (Å²) in [5, 5.41) is 19.7. The Bertz CT molecular complexity index is 2210. The molecule has 5 N–H and O–H groups in total. The molecule has 80 heavy (non-hydrogen) atoms. The van der Waals surface area contributed by atoms with E-state index in [1.54, 1.807) is 6.33 Å². The van der Waals surface area contributed by atoms with Gasteiger partial charge in [-0.1, -0.05) is 25.7 Å². The molecule has 18 heteroatoms. The average Bonchev–Trinajstić information content (AvgIpc) is 3.45. The Kier molecular flexibility index (Phi) is 20.0. The van der Waals surface area contributed by atoms with Gasteiger partial charge in [-0.15, -0.1) is 0 Å². The van der Waals surface area contributed by atoms with Crippen molar-refractivity contribution in [2.75, 3.05) is 103 Å². The zero-order valence-corrected chi connectivity index (χ0v) is 53.4. The molecule has 0 aliphatic carbocycles. The van der Waals surface area contributed by atoms with Crippen LogP contribution in [0.15, 0.2) is 6.33 Å². The Balaban J connectivity index is 1.03. The van der Waals surface area contributed by atoms with E-state index in [0.29, 0.717) is 38.5 Å². The number of unbranched alkanes of at least 4 members (excludes halogenated alkanes) is 6. The molecule has 0 spiro atoms. The zero-order valence-electron chi connectivity index (χ0n) is 53.4. The normalized spacial score (nSPS) is 24.9. The van der Waals surface area contributed by atoms with Crippen LogP contribution in [0.4, 0.5) is 29.7 Å². The van der Waals surface area contributed by atoms with Crippen molar-refractivity contribution in [2.24, 2.45) is 0 Å². The SMILES string of the molecule is CC1(C)CC(NCCCCCCN(c2nc(N3CCOCC3)nc(N(CCCCCCN(c3ncnc(N4CCOCC4)n3)C3CC(C)(C)NC(C)(C)C3)C3CC(C)(C)NC(C)(C)C3)n2)C2CC(C)(C)NC(C)(C)C2)CC(C)(C)N1. The standard InChI is InChI=1S/C62H114N16O2/c1-55(2)37-46(38-56(3,4)70-55)63-25-21-17-18-22-27-77(48-41-59(9,10)72-60(11,12)42-48)53-67-52(75-31-35-80-36-32-75)68-54(69-53)78(49-43-61(13,14)73-62(15,16)44-49)28-24-20-19-23-26-76(47-39-57(5,6)71-58(7,8)40-47)51-65-45-64-50(66-51)74-29-33-79-34-30-74/h45-49,63,70-73H,17-44H2,1-16H3. The maximum absolute atomic E-state index is 5.94. The van der Waals surface area contributed by atoms with Crippen molar-refractivity contribution < 1.29 is 9.47 Å². The van der Waals surface area contributed by atoms with Gasteiger partial charge in [-0.05, 0) is 194 Å². The summed E-state index contributed by atoms with van der Waals surface area (Å²) < 4.78 is 11.6. The first-order chi connectivity index (χ1) is 37.4. The summed E-state index contributed by atoms with van der Waals surface area (Å²) in [5.41, 5.74) is 0.0806. The van der Waals surface area contributed by atoms with Gasteiger partial charge in [0.2, 0.25) is 29.7 Å². The Morgan fingerprint density at radius 3 is 1.12 bits per heavy atom. The molecule has 6 aliphatic rings. The van der Waals surface area contributed by atoms with Crippen LogP contribution in [-0.4, -0.2) is 177 Å². The molecule has 6 saturated heterocycles. The van der Waals surface area contributed by atoms with Gasteiger partial charge in [0.05, 0.1) is 26.4 Å². The molecular formula is C62H114N16O2. The average molecular weight is 1120 g/mol. The number of nitrogens with zero attached hydrogens (tertiary/aromatic N) is 11. The Hall–Kier alpha value is -3.26. The number of ether oxygens (including phenoxy) is 2. The minimum atomic E-state index is -0.0555. The van der Waals surface area contributed by atoms with Gasteiger partial charge in [-0.25, -0.2) is 9.97 Å². The third-order valence-electron chi connectivity index (χ3n) is 17.8. The van der Waals surface area contributed by atoms with E-state index >= 15 is 0 Å². The lowest BCUT2D eigenvalue weighted by Crippen LogP contribution is -2.63. The van der Waals surface area contributed by atoms with Gasteiger partial charge in [-0.3, -0.25) is 0 Å². The number of hydrogen-bond acceptors (Lipinski definition) is 18. The van der Waals surface area contributed by atoms with Gasteiger partial charge in [0.25, 0.3) is 0 Å². The van der Waals surface area contributed by atoms with E-state index in [-0.39, 0.29) is 56.4 Å². The number of hydrogen-bond donors (Lipinski definition) is 5. The lowest BCUT2D eigenvalue weighted by molar-refractivity contribution is 0.122. The van der Waals surface area contributed by atoms with Crippen molar-refractivity contribution in [3.05, 3.63) is 6.33 Å². The second-order valence-corrected chi connectivity index (χ2v) is 30.7. The van der Waals surface area contributed by atoms with Crippen molar-refractivity contribution in [1.82, 2.24) is 56.5 Å². The molecular weight excluding hydrogens is 1000 g/mol. The van der Waals surface area contributed by atoms with Crippen molar-refractivity contribution in [2.45, 2.75) is 282 Å². The quantitative estimate of drug-likeness (QED) is 0.0668. The van der Waals surface area contributed by atoms with Crippen LogP contribution in [0, 0.1) is 0 Å². The Morgan fingerprint density at radius 2 is 0.738 bits per heavy atom. The molecule has 0 bridgehead atoms. The molecule has 2 aromatic heterocycles. The molecule has 6 aliphatic heterocycles. The van der Waals surface area contributed by atoms with Crippen LogP contribution < -0.4 is 51.1 Å². The first-order valence-electron chi connectivity index (χ1n) is 31.8. The molecule has 18 nitrogen and oxygen atoms in total. The minimum absolute atomic E-state index is 0.0134. The highest BCUT2D eigenvalue weighted by atomic mass is 16.5. The molecule has 0 radical (unpaired) electrons. The largest absolute Gasteiger partial charge is 0.378 e. The fraction of sp³-hybridized carbons (Fsp3) is 0.903. The van der Waals surface area contributed by atoms with E-state index in [2.05, 4.69) is 167 Å². The highest BCUT2D eigenvalue weighted by Crippen LogP contribution is 2.38. The van der Waals surface area contributed by atoms with Gasteiger partial charge < -0.3 is 60.6 Å². The number of rotatable bonds is 23. The topological polar surface area (TPSA) is 172 Å². The molecule has 8 rings (SSSR count). The summed E-state index contributed by atoms with van der Waals surface area (Å²) in [7, 11) is 0. The smallest absolute Gasteiger partial charge is 0.232 e. The van der Waals surface area contributed by atoms with Crippen LogP contribution in [0.1, 0.15) is 214 Å². The molecule has 0 amide bonds. The van der Waals surface area contributed by atoms with Gasteiger partial charge in [0.1, 0.15) is 6.33 Å². The summed E-state index contributed by atoms with van der Waals surface area (Å²) in [5.74, 6) is 4.01. The monoisotopic (exact) mass is 1110 g/mol. The summed E-state index contributed by atoms with van der Waals surface area (Å²) in [6, 6.07) is 1.38. The maximum atomic E-state index is 5.94. The van der Waals surface area contributed by atoms with E-state index < -0.39 is 0 Å². The molecule has 6 fully saturated rings. The van der Waals surface area contributed by atoms with Crippen LogP contribution in [0.25, 0.3) is 0 Å². The molecule has 0 aromatic carbocycles. The first kappa shape index (κ1) is 62.8. The number of aromatic nitrogens is 6. The van der Waals surface area contributed by atoms with Gasteiger partial charge >= 0.3 is 0 Å². The van der Waals surface area contributed by atoms with E-state index in [1.165, 1.54) is 19.3 Å². The molecule has 0 atom stereocenters. The molecule has 454 valence electrons. The molecule has 0 unspecified atom stereocenters. The highest BCUT2D eigenvalue weighted by Gasteiger charge is 2.45. The predicted molar refractivity (Wildman–Crippen MR) is 330 cm³/mol. The van der Waals surface area contributed by atoms with Crippen LogP contribution in [-0.2, 0) is 9.47 Å². The Labute approximate surface area is 485 Å². The second-order valence-electron chi connectivity index (χ2n) is 30.7. The van der Waals surface area contributed by atoms with Crippen LogP contribution in [0.2, 0.25) is 0 Å². The lowest BCUT2D eigenvalue weighted by atomic mass is 9.79. The first-order valence-corrected chi connectivity index (χ1v) is 31.8. The van der Waals surface area contributed by atoms with E-state index in [9.17, 15) is 0 Å². The van der Waals surface area contributed by atoms with Gasteiger partial charge in [0.15, 0.2) is 0 Å². The number of nitrogens with one attached hydrogen (secondary N) is 5. The van der Waals surface area contributed by atoms with Crippen molar-refractivity contribution in [3.63, 3.8) is 0 Å². The van der Waals surface area contributed by atoms with Crippen molar-refractivity contribution >= 4 is 29.7 Å². The van der Waals surface area contributed by atoms with E-state index in [4.69, 9.17) is 34.4 Å². The van der Waals surface area contributed by atoms with Gasteiger partial charge in [0, 0.05) is 114 Å². The molecule has 8 heterocycles. The van der Waals surface area contributed by atoms with Crippen LogP contribution in [0.5, 0.6) is 0 Å². The van der Waals surface area contributed by atoms with Crippen molar-refractivity contribution in [1.29, 1.82) is 0 Å². The zero-order chi connectivity index (χ0) is 57.8. The summed E-state index contributed by atoms with van der Waals surface area (Å²) >= 11 is 0. The fourth-order valence-electron chi connectivity index (χ4n) is 16.1. The molecule has 2 aromatic rings. The maximum Gasteiger partial charge on any atom is 0.232 e. The van der Waals surface area contributed by atoms with Crippen molar-refractivity contribution in [3.8, 4) is 0 Å². The third-order valence-corrected chi connectivity index (χ3v) is 17.8. The summed E-state index contributed by atoms with van der Waals surface area (Å²) in [4.78, 5) is 43.9. The number of anilines is 5. The highest BCUT2D eigenvalue weighted by molar-refractivity contribution is 5.49. The summed E-state index contributed by atoms with van der Waals surface area (Å²) in [6.45, 7) is 47.4.